The predicted molar refractivity (Wildman–Crippen MR) is 119 cm³/mol. The third-order valence-electron chi connectivity index (χ3n) is 6.27. The van der Waals surface area contributed by atoms with Gasteiger partial charge in [-0.3, -0.25) is 9.59 Å². The smallest absolute Gasteiger partial charge is 0.257 e. The van der Waals surface area contributed by atoms with E-state index in [2.05, 4.69) is 25.6 Å². The Bertz CT molecular complexity index is 1190. The van der Waals surface area contributed by atoms with E-state index in [9.17, 15) is 9.59 Å². The number of hydrogen-bond donors (Lipinski definition) is 2. The summed E-state index contributed by atoms with van der Waals surface area (Å²) in [6.45, 7) is 4.41. The molecule has 5 rings (SSSR count). The molecule has 2 aromatic heterocycles. The van der Waals surface area contributed by atoms with Crippen LogP contribution in [0.2, 0.25) is 0 Å². The van der Waals surface area contributed by atoms with Gasteiger partial charge in [0.25, 0.3) is 5.91 Å². The van der Waals surface area contributed by atoms with Crippen molar-refractivity contribution in [3.8, 4) is 0 Å². The van der Waals surface area contributed by atoms with Gasteiger partial charge >= 0.3 is 0 Å². The number of amides is 2. The van der Waals surface area contributed by atoms with Gasteiger partial charge in [0.2, 0.25) is 11.9 Å². The molecule has 3 aromatic rings. The zero-order chi connectivity index (χ0) is 22.5. The molecule has 32 heavy (non-hydrogen) atoms. The number of rotatable bonds is 4. The predicted octanol–water partition coefficient (Wildman–Crippen LogP) is 2.51. The van der Waals surface area contributed by atoms with Gasteiger partial charge in [0, 0.05) is 50.1 Å². The number of anilines is 2. The third kappa shape index (κ3) is 2.96. The monoisotopic (exact) mass is 431 g/mol. The van der Waals surface area contributed by atoms with Crippen molar-refractivity contribution in [3.63, 3.8) is 0 Å². The molecular formula is C23H25N7O2. The summed E-state index contributed by atoms with van der Waals surface area (Å²) < 4.78 is 1.87. The van der Waals surface area contributed by atoms with Gasteiger partial charge in [-0.25, -0.2) is 15.0 Å². The summed E-state index contributed by atoms with van der Waals surface area (Å²) in [6, 6.07) is 7.32. The van der Waals surface area contributed by atoms with Crippen LogP contribution in [0.3, 0.4) is 0 Å². The molecule has 1 saturated heterocycles. The van der Waals surface area contributed by atoms with Crippen LogP contribution < -0.4 is 10.6 Å². The highest BCUT2D eigenvalue weighted by atomic mass is 16.2. The van der Waals surface area contributed by atoms with Gasteiger partial charge in [0.15, 0.2) is 0 Å². The topological polar surface area (TPSA) is 105 Å². The lowest BCUT2D eigenvalue weighted by Gasteiger charge is -2.33. The summed E-state index contributed by atoms with van der Waals surface area (Å²) in [5, 5.41) is 6.14. The molecule has 1 fully saturated rings. The highest BCUT2D eigenvalue weighted by molar-refractivity contribution is 6.08. The summed E-state index contributed by atoms with van der Waals surface area (Å²) in [5.74, 6) is 0.818. The van der Waals surface area contributed by atoms with Gasteiger partial charge in [0.05, 0.1) is 5.56 Å². The van der Waals surface area contributed by atoms with E-state index in [0.29, 0.717) is 30.3 Å². The molecule has 2 unspecified atom stereocenters. The Hall–Kier alpha value is -3.75. The van der Waals surface area contributed by atoms with Crippen molar-refractivity contribution >= 4 is 23.5 Å². The number of hydrogen-bond acceptors (Lipinski definition) is 6. The van der Waals surface area contributed by atoms with Crippen LogP contribution in [0.5, 0.6) is 0 Å². The molecule has 0 radical (unpaired) electrons. The third-order valence-corrected chi connectivity index (χ3v) is 6.27. The van der Waals surface area contributed by atoms with Crippen LogP contribution in [0.15, 0.2) is 49.1 Å². The number of aryl methyl sites for hydroxylation is 1. The number of carbonyl (C=O) groups excluding carboxylic acids is 2. The maximum Gasteiger partial charge on any atom is 0.257 e. The molecule has 0 saturated carbocycles. The normalized spacial score (nSPS) is 21.8. The van der Waals surface area contributed by atoms with E-state index < -0.39 is 11.5 Å². The van der Waals surface area contributed by atoms with E-state index in [1.54, 1.807) is 11.1 Å². The molecule has 2 atom stereocenters. The molecule has 1 spiro atoms. The van der Waals surface area contributed by atoms with E-state index in [1.165, 1.54) is 12.4 Å². The SMILES string of the molecule is CC(C)Nc1ncc(C(=O)N2CCC3(C(=O)Nc4ccccc43)C2c2nccn2C)cn1. The van der Waals surface area contributed by atoms with Crippen molar-refractivity contribution in [2.45, 2.75) is 37.8 Å². The number of carbonyl (C=O) groups is 2. The second kappa shape index (κ2) is 7.44. The maximum absolute atomic E-state index is 13.6. The Labute approximate surface area is 185 Å². The van der Waals surface area contributed by atoms with E-state index >= 15 is 0 Å². The molecule has 1 aromatic carbocycles. The minimum Gasteiger partial charge on any atom is -0.352 e. The highest BCUT2D eigenvalue weighted by Crippen LogP contribution is 2.54. The number of nitrogens with one attached hydrogen (secondary N) is 2. The number of likely N-dealkylation sites (tertiary alicyclic amines) is 1. The Kier molecular flexibility index (Phi) is 4.69. The van der Waals surface area contributed by atoms with Crippen LogP contribution in [0.1, 0.15) is 48.1 Å². The molecule has 9 nitrogen and oxygen atoms in total. The van der Waals surface area contributed by atoms with E-state index in [-0.39, 0.29) is 17.9 Å². The second-order valence-corrected chi connectivity index (χ2v) is 8.61. The average Bonchev–Trinajstić information content (AvgIpc) is 3.44. The summed E-state index contributed by atoms with van der Waals surface area (Å²) in [5.41, 5.74) is 1.17. The van der Waals surface area contributed by atoms with Crippen molar-refractivity contribution in [1.82, 2.24) is 24.4 Å². The number of imidazole rings is 1. The van der Waals surface area contributed by atoms with Crippen molar-refractivity contribution in [2.75, 3.05) is 17.2 Å². The van der Waals surface area contributed by atoms with Crippen LogP contribution in [0.25, 0.3) is 0 Å². The van der Waals surface area contributed by atoms with Crippen molar-refractivity contribution in [3.05, 3.63) is 66.0 Å². The number of nitrogens with zero attached hydrogens (tertiary/aromatic N) is 5. The summed E-state index contributed by atoms with van der Waals surface area (Å²) in [6.07, 6.45) is 7.09. The Morgan fingerprint density at radius 1 is 1.22 bits per heavy atom. The molecule has 2 amide bonds. The van der Waals surface area contributed by atoms with E-state index in [1.807, 2.05) is 55.9 Å². The van der Waals surface area contributed by atoms with Gasteiger partial charge in [-0.2, -0.15) is 0 Å². The summed E-state index contributed by atoms with van der Waals surface area (Å²) in [7, 11) is 1.88. The quantitative estimate of drug-likeness (QED) is 0.658. The van der Waals surface area contributed by atoms with Gasteiger partial charge in [-0.05, 0) is 31.9 Å². The molecule has 0 bridgehead atoms. The van der Waals surface area contributed by atoms with Crippen LogP contribution >= 0.6 is 0 Å². The lowest BCUT2D eigenvalue weighted by molar-refractivity contribution is -0.121. The molecule has 2 aliphatic heterocycles. The molecule has 9 heteroatoms. The van der Waals surface area contributed by atoms with Crippen molar-refractivity contribution in [1.29, 1.82) is 0 Å². The minimum atomic E-state index is -0.897. The largest absolute Gasteiger partial charge is 0.352 e. The molecule has 2 aliphatic rings. The first-order chi connectivity index (χ1) is 15.4. The fourth-order valence-electron chi connectivity index (χ4n) is 4.84. The standard InChI is InChI=1S/C23H25N7O2/c1-14(2)27-22-25-12-15(13-26-22)20(31)30-10-8-23(18(30)19-24-9-11-29(19)3)16-6-4-5-7-17(16)28-21(23)32/h4-7,9,11-14,18H,8,10H2,1-3H3,(H,28,32)(H,25,26,27). The van der Waals surface area contributed by atoms with E-state index in [4.69, 9.17) is 0 Å². The number of benzene rings is 1. The Morgan fingerprint density at radius 2 is 1.97 bits per heavy atom. The fraction of sp³-hybridized carbons (Fsp3) is 0.348. The summed E-state index contributed by atoms with van der Waals surface area (Å²) >= 11 is 0. The van der Waals surface area contributed by atoms with Gasteiger partial charge in [-0.15, -0.1) is 0 Å². The second-order valence-electron chi connectivity index (χ2n) is 8.61. The minimum absolute atomic E-state index is 0.102. The number of fused-ring (bicyclic) bond motifs is 2. The zero-order valence-electron chi connectivity index (χ0n) is 18.2. The Morgan fingerprint density at radius 3 is 2.66 bits per heavy atom. The van der Waals surface area contributed by atoms with Gasteiger partial charge in [0.1, 0.15) is 17.3 Å². The first-order valence-corrected chi connectivity index (χ1v) is 10.7. The lowest BCUT2D eigenvalue weighted by Crippen LogP contribution is -2.43. The lowest BCUT2D eigenvalue weighted by atomic mass is 9.74. The van der Waals surface area contributed by atoms with Crippen LogP contribution in [-0.4, -0.2) is 48.8 Å². The first-order valence-electron chi connectivity index (χ1n) is 10.7. The van der Waals surface area contributed by atoms with Crippen LogP contribution in [0, 0.1) is 0 Å². The zero-order valence-corrected chi connectivity index (χ0v) is 18.2. The average molecular weight is 432 g/mol. The molecule has 2 N–H and O–H groups in total. The van der Waals surface area contributed by atoms with Gasteiger partial charge in [-0.1, -0.05) is 18.2 Å². The van der Waals surface area contributed by atoms with Crippen LogP contribution in [-0.2, 0) is 17.3 Å². The van der Waals surface area contributed by atoms with Crippen LogP contribution in [0.4, 0.5) is 11.6 Å². The first kappa shape index (κ1) is 20.2. The molecule has 164 valence electrons. The molecule has 0 aliphatic carbocycles. The highest BCUT2D eigenvalue weighted by Gasteiger charge is 2.60. The summed E-state index contributed by atoms with van der Waals surface area (Å²) in [4.78, 5) is 41.9. The van der Waals surface area contributed by atoms with Crippen molar-refractivity contribution in [2.24, 2.45) is 7.05 Å². The molecule has 4 heterocycles. The van der Waals surface area contributed by atoms with Gasteiger partial charge < -0.3 is 20.1 Å². The molecular weight excluding hydrogens is 406 g/mol. The number of para-hydroxylation sites is 1. The Balaban J connectivity index is 1.57. The van der Waals surface area contributed by atoms with Crippen molar-refractivity contribution < 1.29 is 9.59 Å². The maximum atomic E-state index is 13.6. The van der Waals surface area contributed by atoms with E-state index in [0.717, 1.165) is 11.3 Å². The fourth-order valence-corrected chi connectivity index (χ4v) is 4.84. The number of aromatic nitrogens is 4.